The summed E-state index contributed by atoms with van der Waals surface area (Å²) in [5, 5.41) is 9.22. The van der Waals surface area contributed by atoms with Crippen molar-refractivity contribution in [1.82, 2.24) is 19.6 Å². The van der Waals surface area contributed by atoms with Gasteiger partial charge >= 0.3 is 0 Å². The van der Waals surface area contributed by atoms with E-state index < -0.39 is 0 Å². The third-order valence-electron chi connectivity index (χ3n) is 3.33. The molecule has 2 aromatic rings. The minimum atomic E-state index is 0.0746. The first-order valence-corrected chi connectivity index (χ1v) is 6.80. The third-order valence-corrected chi connectivity index (χ3v) is 3.69. The Labute approximate surface area is 116 Å². The van der Waals surface area contributed by atoms with Gasteiger partial charge in [-0.3, -0.25) is 14.2 Å². The molecule has 0 atom stereocenters. The van der Waals surface area contributed by atoms with Crippen LogP contribution in [0.2, 0.25) is 5.02 Å². The van der Waals surface area contributed by atoms with Gasteiger partial charge in [-0.15, -0.1) is 0 Å². The average Bonchev–Trinajstić information content (AvgIpc) is 2.94. The number of carbonyl (C=O) groups excluding carboxylic acids is 1. The Morgan fingerprint density at radius 1 is 1.42 bits per heavy atom. The topological polar surface area (TPSA) is 52.7 Å². The van der Waals surface area contributed by atoms with Gasteiger partial charge in [-0.05, 0) is 26.3 Å². The van der Waals surface area contributed by atoms with Gasteiger partial charge in [0.15, 0.2) is 5.78 Å². The molecule has 0 amide bonds. The molecule has 6 heteroatoms. The molecule has 3 rings (SSSR count). The summed E-state index contributed by atoms with van der Waals surface area (Å²) < 4.78 is 3.59. The van der Waals surface area contributed by atoms with Crippen molar-refractivity contribution in [3.8, 4) is 11.4 Å². The van der Waals surface area contributed by atoms with Crippen LogP contribution in [0.5, 0.6) is 0 Å². The molecule has 3 heterocycles. The first-order chi connectivity index (χ1) is 9.09. The van der Waals surface area contributed by atoms with E-state index in [0.29, 0.717) is 22.8 Å². The lowest BCUT2D eigenvalue weighted by molar-refractivity contribution is 0.0952. The molecular weight excluding hydrogens is 264 g/mol. The van der Waals surface area contributed by atoms with Gasteiger partial charge < -0.3 is 0 Å². The SMILES string of the molecule is CC(C)n1nccc1-c1nn2c(c1Cl)C(=O)CCC2. The zero-order chi connectivity index (χ0) is 13.6. The summed E-state index contributed by atoms with van der Waals surface area (Å²) in [6, 6.07) is 2.10. The highest BCUT2D eigenvalue weighted by Crippen LogP contribution is 2.33. The number of ketones is 1. The normalized spacial score (nSPS) is 15.1. The summed E-state index contributed by atoms with van der Waals surface area (Å²) in [6.07, 6.45) is 3.10. The monoisotopic (exact) mass is 278 g/mol. The lowest BCUT2D eigenvalue weighted by atomic mass is 10.1. The van der Waals surface area contributed by atoms with Crippen LogP contribution in [0.25, 0.3) is 11.4 Å². The van der Waals surface area contributed by atoms with Gasteiger partial charge in [0.2, 0.25) is 0 Å². The minimum absolute atomic E-state index is 0.0746. The fourth-order valence-electron chi connectivity index (χ4n) is 2.45. The van der Waals surface area contributed by atoms with Crippen LogP contribution >= 0.6 is 11.6 Å². The fourth-order valence-corrected chi connectivity index (χ4v) is 2.79. The second kappa shape index (κ2) is 4.49. The van der Waals surface area contributed by atoms with Gasteiger partial charge in [0.1, 0.15) is 11.4 Å². The molecule has 0 saturated heterocycles. The Morgan fingerprint density at radius 3 is 2.89 bits per heavy atom. The van der Waals surface area contributed by atoms with Crippen molar-refractivity contribution in [3.63, 3.8) is 0 Å². The number of hydrogen-bond donors (Lipinski definition) is 0. The van der Waals surface area contributed by atoms with Crippen LogP contribution in [-0.4, -0.2) is 25.3 Å². The Bertz CT molecular complexity index is 641. The van der Waals surface area contributed by atoms with E-state index in [1.165, 1.54) is 0 Å². The quantitative estimate of drug-likeness (QED) is 0.849. The lowest BCUT2D eigenvalue weighted by Crippen LogP contribution is -2.17. The highest BCUT2D eigenvalue weighted by atomic mass is 35.5. The van der Waals surface area contributed by atoms with Crippen molar-refractivity contribution in [1.29, 1.82) is 0 Å². The highest BCUT2D eigenvalue weighted by molar-refractivity contribution is 6.36. The molecule has 2 aromatic heterocycles. The zero-order valence-electron chi connectivity index (χ0n) is 10.9. The van der Waals surface area contributed by atoms with E-state index in [2.05, 4.69) is 10.2 Å². The molecule has 0 spiro atoms. The fraction of sp³-hybridized carbons (Fsp3) is 0.462. The molecule has 5 nitrogen and oxygen atoms in total. The minimum Gasteiger partial charge on any atom is -0.292 e. The number of rotatable bonds is 2. The first kappa shape index (κ1) is 12.4. The second-order valence-electron chi connectivity index (χ2n) is 5.02. The number of nitrogens with zero attached hydrogens (tertiary/aromatic N) is 4. The molecule has 0 radical (unpaired) electrons. The molecule has 0 bridgehead atoms. The number of fused-ring (bicyclic) bond motifs is 1. The number of aromatic nitrogens is 4. The average molecular weight is 279 g/mol. The summed E-state index contributed by atoms with van der Waals surface area (Å²) >= 11 is 6.36. The Morgan fingerprint density at radius 2 is 2.21 bits per heavy atom. The maximum atomic E-state index is 11.9. The number of halogens is 1. The van der Waals surface area contributed by atoms with Crippen molar-refractivity contribution >= 4 is 17.4 Å². The number of Topliss-reactive ketones (excluding diaryl/α,β-unsaturated/α-hetero) is 1. The smallest absolute Gasteiger partial charge is 0.182 e. The van der Waals surface area contributed by atoms with Crippen molar-refractivity contribution in [2.75, 3.05) is 0 Å². The van der Waals surface area contributed by atoms with Gasteiger partial charge in [0.25, 0.3) is 0 Å². The summed E-state index contributed by atoms with van der Waals surface area (Å²) in [6.45, 7) is 4.84. The van der Waals surface area contributed by atoms with Crippen LogP contribution in [0, 0.1) is 0 Å². The molecule has 0 N–H and O–H groups in total. The van der Waals surface area contributed by atoms with Gasteiger partial charge in [0, 0.05) is 25.2 Å². The van der Waals surface area contributed by atoms with E-state index in [0.717, 1.165) is 18.7 Å². The number of carbonyl (C=O) groups is 1. The van der Waals surface area contributed by atoms with Crippen molar-refractivity contribution < 1.29 is 4.79 Å². The molecule has 0 saturated carbocycles. The number of hydrogen-bond acceptors (Lipinski definition) is 3. The second-order valence-corrected chi connectivity index (χ2v) is 5.39. The maximum Gasteiger partial charge on any atom is 0.182 e. The van der Waals surface area contributed by atoms with Gasteiger partial charge in [0.05, 0.1) is 10.7 Å². The summed E-state index contributed by atoms with van der Waals surface area (Å²) in [5.41, 5.74) is 2.05. The Balaban J connectivity index is 2.16. The van der Waals surface area contributed by atoms with E-state index in [-0.39, 0.29) is 11.8 Å². The van der Waals surface area contributed by atoms with E-state index in [1.54, 1.807) is 10.9 Å². The Kier molecular flexibility index (Phi) is 2.93. The summed E-state index contributed by atoms with van der Waals surface area (Å²) in [7, 11) is 0. The molecule has 0 unspecified atom stereocenters. The summed E-state index contributed by atoms with van der Waals surface area (Å²) in [4.78, 5) is 11.9. The van der Waals surface area contributed by atoms with Crippen LogP contribution in [0.15, 0.2) is 12.3 Å². The molecule has 0 fully saturated rings. The molecule has 1 aliphatic heterocycles. The molecule has 19 heavy (non-hydrogen) atoms. The van der Waals surface area contributed by atoms with Crippen LogP contribution < -0.4 is 0 Å². The molecule has 1 aliphatic rings. The van der Waals surface area contributed by atoms with Crippen LogP contribution in [0.4, 0.5) is 0 Å². The maximum absolute atomic E-state index is 11.9. The van der Waals surface area contributed by atoms with Gasteiger partial charge in [-0.2, -0.15) is 10.2 Å². The first-order valence-electron chi connectivity index (χ1n) is 6.43. The summed E-state index contributed by atoms with van der Waals surface area (Å²) in [5.74, 6) is 0.0746. The lowest BCUT2D eigenvalue weighted by Gasteiger charge is -2.11. The molecule has 0 aliphatic carbocycles. The van der Waals surface area contributed by atoms with Crippen LogP contribution in [0.3, 0.4) is 0 Å². The van der Waals surface area contributed by atoms with Crippen LogP contribution in [-0.2, 0) is 6.54 Å². The van der Waals surface area contributed by atoms with E-state index in [4.69, 9.17) is 11.6 Å². The predicted molar refractivity (Wildman–Crippen MR) is 72.4 cm³/mol. The van der Waals surface area contributed by atoms with Gasteiger partial charge in [-0.25, -0.2) is 0 Å². The largest absolute Gasteiger partial charge is 0.292 e. The molecule has 100 valence electrons. The van der Waals surface area contributed by atoms with Crippen LogP contribution in [0.1, 0.15) is 43.2 Å². The Hall–Kier alpha value is -1.62. The molecular formula is C13H15ClN4O. The highest BCUT2D eigenvalue weighted by Gasteiger charge is 2.27. The predicted octanol–water partition coefficient (Wildman–Crippen LogP) is 2.96. The van der Waals surface area contributed by atoms with E-state index >= 15 is 0 Å². The number of aryl methyl sites for hydroxylation is 1. The zero-order valence-corrected chi connectivity index (χ0v) is 11.7. The van der Waals surface area contributed by atoms with Crippen molar-refractivity contribution in [3.05, 3.63) is 23.0 Å². The van der Waals surface area contributed by atoms with E-state index in [9.17, 15) is 4.79 Å². The van der Waals surface area contributed by atoms with Gasteiger partial charge in [-0.1, -0.05) is 11.6 Å². The van der Waals surface area contributed by atoms with E-state index in [1.807, 2.05) is 24.6 Å². The standard InChI is InChI=1S/C13H15ClN4O/c1-8(2)18-9(5-6-15-18)12-11(14)13-10(19)4-3-7-17(13)16-12/h5-6,8H,3-4,7H2,1-2H3. The van der Waals surface area contributed by atoms with Crippen molar-refractivity contribution in [2.24, 2.45) is 0 Å². The third kappa shape index (κ3) is 1.89. The van der Waals surface area contributed by atoms with Crippen molar-refractivity contribution in [2.45, 2.75) is 39.3 Å². The molecule has 0 aromatic carbocycles.